The molecule has 0 aliphatic carbocycles. The third-order valence-corrected chi connectivity index (χ3v) is 6.91. The van der Waals surface area contributed by atoms with E-state index in [0.29, 0.717) is 29.6 Å². The Morgan fingerprint density at radius 1 is 1.12 bits per heavy atom. The van der Waals surface area contributed by atoms with Gasteiger partial charge in [0.15, 0.2) is 16.6 Å². The molecule has 1 fully saturated rings. The maximum absolute atomic E-state index is 13.5. The number of rotatable bonds is 5. The number of halogens is 4. The van der Waals surface area contributed by atoms with Gasteiger partial charge in [-0.1, -0.05) is 32.4 Å². The van der Waals surface area contributed by atoms with Gasteiger partial charge >= 0.3 is 12.1 Å². The van der Waals surface area contributed by atoms with Gasteiger partial charge in [-0.3, -0.25) is 10.2 Å². The molecule has 3 aromatic rings. The first-order valence-electron chi connectivity index (χ1n) is 12.5. The van der Waals surface area contributed by atoms with E-state index in [1.807, 2.05) is 26.0 Å². The van der Waals surface area contributed by atoms with Gasteiger partial charge in [0.2, 0.25) is 5.62 Å². The number of aromatic nitrogens is 4. The first-order valence-corrected chi connectivity index (χ1v) is 12.9. The van der Waals surface area contributed by atoms with E-state index < -0.39 is 12.1 Å². The quantitative estimate of drug-likeness (QED) is 0.421. The summed E-state index contributed by atoms with van der Waals surface area (Å²) in [5.41, 5.74) is 4.28. The number of nitrogens with one attached hydrogen (secondary N) is 1. The van der Waals surface area contributed by atoms with Crippen molar-refractivity contribution in [3.8, 4) is 5.75 Å². The second-order valence-electron chi connectivity index (χ2n) is 10.4. The fraction of sp³-hybridized carbons (Fsp3) is 0.500. The molecule has 11 nitrogen and oxygen atoms in total. The maximum atomic E-state index is 13.5. The van der Waals surface area contributed by atoms with Crippen molar-refractivity contribution in [1.29, 1.82) is 5.41 Å². The van der Waals surface area contributed by atoms with E-state index >= 15 is 0 Å². The summed E-state index contributed by atoms with van der Waals surface area (Å²) in [5.74, 6) is -2.13. The number of ketones is 1. The molecule has 0 saturated carbocycles. The summed E-state index contributed by atoms with van der Waals surface area (Å²) in [6, 6.07) is 3.78. The first-order chi connectivity index (χ1) is 19.0. The number of Topliss-reactive ketones (excluding diaryl/α,β-unsaturated/α-hetero) is 1. The highest BCUT2D eigenvalue weighted by Gasteiger charge is 2.38. The Morgan fingerprint density at radius 3 is 2.22 bits per heavy atom. The van der Waals surface area contributed by atoms with Gasteiger partial charge in [0.1, 0.15) is 12.3 Å². The summed E-state index contributed by atoms with van der Waals surface area (Å²) in [4.78, 5) is 24.6. The monoisotopic (exact) mass is 600 g/mol. The van der Waals surface area contributed by atoms with Gasteiger partial charge in [0.05, 0.1) is 26.0 Å². The number of ether oxygens (including phenoxy) is 2. The van der Waals surface area contributed by atoms with Gasteiger partial charge < -0.3 is 19.5 Å². The molecule has 1 saturated heterocycles. The molecule has 0 amide bonds. The maximum Gasteiger partial charge on any atom is 0.490 e. The molecule has 2 aromatic heterocycles. The van der Waals surface area contributed by atoms with Crippen LogP contribution in [0.4, 0.5) is 18.9 Å². The fourth-order valence-electron chi connectivity index (χ4n) is 4.15. The Hall–Kier alpha value is -3.65. The normalized spacial score (nSPS) is 14.0. The molecule has 0 atom stereocenters. The third-order valence-electron chi connectivity index (χ3n) is 6.55. The van der Waals surface area contributed by atoms with Gasteiger partial charge in [-0.15, -0.1) is 5.10 Å². The molecule has 0 radical (unpaired) electrons. The van der Waals surface area contributed by atoms with Crippen LogP contribution in [0.15, 0.2) is 12.1 Å². The molecule has 224 valence electrons. The van der Waals surface area contributed by atoms with Gasteiger partial charge in [-0.05, 0) is 37.0 Å². The minimum absolute atomic E-state index is 0.00805. The summed E-state index contributed by atoms with van der Waals surface area (Å²) >= 11 is 6.21. The van der Waals surface area contributed by atoms with Crippen molar-refractivity contribution >= 4 is 34.7 Å². The number of morpholine rings is 1. The number of anilines is 1. The van der Waals surface area contributed by atoms with Crippen LogP contribution in [0.3, 0.4) is 0 Å². The number of carboxylic acid groups (broad SMARTS) is 1. The number of carbonyl (C=O) groups excluding carboxylic acids is 1. The molecular weight excluding hydrogens is 569 g/mol. The average molecular weight is 601 g/mol. The van der Waals surface area contributed by atoms with Crippen molar-refractivity contribution in [2.45, 2.75) is 52.8 Å². The Bertz CT molecular complexity index is 1520. The van der Waals surface area contributed by atoms with Gasteiger partial charge in [0, 0.05) is 29.8 Å². The van der Waals surface area contributed by atoms with Crippen LogP contribution in [-0.2, 0) is 21.5 Å². The van der Waals surface area contributed by atoms with Crippen molar-refractivity contribution in [2.75, 3.05) is 38.3 Å². The number of nitrogens with zero attached hydrogens (tertiary/aromatic N) is 5. The highest BCUT2D eigenvalue weighted by atomic mass is 35.5. The average Bonchev–Trinajstić information content (AvgIpc) is 3.21. The Morgan fingerprint density at radius 2 is 1.71 bits per heavy atom. The molecule has 3 heterocycles. The van der Waals surface area contributed by atoms with Crippen molar-refractivity contribution in [2.24, 2.45) is 0 Å². The topological polar surface area (TPSA) is 135 Å². The largest absolute Gasteiger partial charge is 0.494 e. The number of aliphatic carboxylic acids is 1. The van der Waals surface area contributed by atoms with E-state index in [9.17, 15) is 18.0 Å². The Balaban J connectivity index is 0.000000587. The van der Waals surface area contributed by atoms with Crippen LogP contribution >= 0.6 is 11.6 Å². The highest BCUT2D eigenvalue weighted by molar-refractivity contribution is 6.30. The van der Waals surface area contributed by atoms with Crippen molar-refractivity contribution in [1.82, 2.24) is 19.4 Å². The third kappa shape index (κ3) is 6.99. The molecule has 0 bridgehead atoms. The van der Waals surface area contributed by atoms with Crippen LogP contribution in [-0.4, -0.2) is 75.8 Å². The van der Waals surface area contributed by atoms with Crippen LogP contribution in [0, 0.1) is 19.3 Å². The standard InChI is InChI=1S/C24H31ClN6O3.C2HF3O2/c1-14-15(2)22-28-30(23(26)31(22)27-21(14)25)13-19(32)16-11-17(24(3,4)5)20(33-6)18(12-16)29-7-9-34-10-8-29;3-2(4,5)1(6)7/h11-12,26H,7-10,13H2,1-6H3;(H,6,7). The number of aryl methyl sites for hydroxylation is 1. The molecule has 2 N–H and O–H groups in total. The minimum atomic E-state index is -5.08. The zero-order valence-corrected chi connectivity index (χ0v) is 24.3. The van der Waals surface area contributed by atoms with E-state index in [0.717, 1.165) is 41.2 Å². The molecular formula is C26H32ClF3N6O5. The minimum Gasteiger partial charge on any atom is -0.494 e. The van der Waals surface area contributed by atoms with Crippen LogP contribution < -0.4 is 15.3 Å². The lowest BCUT2D eigenvalue weighted by Gasteiger charge is -2.33. The number of carboxylic acids is 1. The SMILES string of the molecule is COc1c(N2CCOCC2)cc(C(=O)Cn2nc3c(C)c(C)c(Cl)nn3c2=N)cc1C(C)(C)C.O=C(O)C(F)(F)F. The summed E-state index contributed by atoms with van der Waals surface area (Å²) < 4.78 is 45.8. The molecule has 41 heavy (non-hydrogen) atoms. The van der Waals surface area contributed by atoms with Gasteiger partial charge in [-0.2, -0.15) is 22.8 Å². The number of alkyl halides is 3. The molecule has 0 spiro atoms. The number of carbonyl (C=O) groups is 2. The second-order valence-corrected chi connectivity index (χ2v) is 10.8. The molecule has 1 aromatic carbocycles. The molecule has 15 heteroatoms. The van der Waals surface area contributed by atoms with E-state index in [4.69, 9.17) is 36.4 Å². The lowest BCUT2D eigenvalue weighted by molar-refractivity contribution is -0.192. The smallest absolute Gasteiger partial charge is 0.490 e. The van der Waals surface area contributed by atoms with Crippen molar-refractivity contribution in [3.63, 3.8) is 0 Å². The second kappa shape index (κ2) is 12.1. The number of hydrogen-bond donors (Lipinski definition) is 2. The zero-order chi connectivity index (χ0) is 30.9. The lowest BCUT2D eigenvalue weighted by atomic mass is 9.84. The van der Waals surface area contributed by atoms with Gasteiger partial charge in [-0.25, -0.2) is 9.48 Å². The zero-order valence-electron chi connectivity index (χ0n) is 23.5. The summed E-state index contributed by atoms with van der Waals surface area (Å²) in [7, 11) is 1.66. The molecule has 0 unspecified atom stereocenters. The van der Waals surface area contributed by atoms with E-state index in [1.165, 1.54) is 9.20 Å². The Labute approximate surface area is 238 Å². The van der Waals surface area contributed by atoms with Crippen molar-refractivity contribution < 1.29 is 37.3 Å². The lowest BCUT2D eigenvalue weighted by Crippen LogP contribution is -2.37. The van der Waals surface area contributed by atoms with E-state index in [-0.39, 0.29) is 23.4 Å². The predicted molar refractivity (Wildman–Crippen MR) is 144 cm³/mol. The van der Waals surface area contributed by atoms with Gasteiger partial charge in [0.25, 0.3) is 0 Å². The van der Waals surface area contributed by atoms with Crippen LogP contribution in [0.2, 0.25) is 5.15 Å². The number of fused-ring (bicyclic) bond motifs is 1. The van der Waals surface area contributed by atoms with Crippen molar-refractivity contribution in [3.05, 3.63) is 45.2 Å². The fourth-order valence-corrected chi connectivity index (χ4v) is 4.37. The van der Waals surface area contributed by atoms with Crippen LogP contribution in [0.5, 0.6) is 5.75 Å². The Kier molecular flexibility index (Phi) is 9.38. The highest BCUT2D eigenvalue weighted by Crippen LogP contribution is 2.40. The number of methoxy groups -OCH3 is 1. The van der Waals surface area contributed by atoms with Crippen LogP contribution in [0.1, 0.15) is 47.8 Å². The predicted octanol–water partition coefficient (Wildman–Crippen LogP) is 3.94. The number of benzene rings is 1. The first kappa shape index (κ1) is 31.9. The molecule has 1 aliphatic rings. The summed E-state index contributed by atoms with van der Waals surface area (Å²) in [6.45, 7) is 12.6. The summed E-state index contributed by atoms with van der Waals surface area (Å²) in [5, 5.41) is 24.7. The van der Waals surface area contributed by atoms with E-state index in [1.54, 1.807) is 7.11 Å². The number of hydrogen-bond acceptors (Lipinski definition) is 8. The molecule has 4 rings (SSSR count). The van der Waals surface area contributed by atoms with E-state index in [2.05, 4.69) is 35.9 Å². The molecule has 1 aliphatic heterocycles. The van der Waals surface area contributed by atoms with Crippen LogP contribution in [0.25, 0.3) is 5.65 Å². The summed E-state index contributed by atoms with van der Waals surface area (Å²) in [6.07, 6.45) is -5.08.